The van der Waals surface area contributed by atoms with Crippen LogP contribution in [0.5, 0.6) is 0 Å². The molecule has 1 heterocycles. The number of carbonyl (C=O) groups excluding carboxylic acids is 1. The Morgan fingerprint density at radius 3 is 2.85 bits per heavy atom. The van der Waals surface area contributed by atoms with Crippen LogP contribution < -0.4 is 5.32 Å². The Bertz CT molecular complexity index is 440. The van der Waals surface area contributed by atoms with Crippen molar-refractivity contribution in [3.63, 3.8) is 0 Å². The summed E-state index contributed by atoms with van der Waals surface area (Å²) in [5, 5.41) is 3.56. The number of amides is 1. The van der Waals surface area contributed by atoms with Gasteiger partial charge in [-0.3, -0.25) is 4.79 Å². The highest BCUT2D eigenvalue weighted by Crippen LogP contribution is 2.21. The van der Waals surface area contributed by atoms with Gasteiger partial charge in [0.1, 0.15) is 0 Å². The number of benzene rings is 1. The number of nitrogens with one attached hydrogen (secondary N) is 1. The number of carbonyl (C=O) groups is 1. The summed E-state index contributed by atoms with van der Waals surface area (Å²) in [5.74, 6) is 2.56. The molecule has 1 aromatic rings. The van der Waals surface area contributed by atoms with Crippen LogP contribution in [0.2, 0.25) is 0 Å². The standard InChI is InChI=1S/C16H24N2OS/c1-3-18(4-2)16(19)13-7-5-8-14(11-13)17-15-9-6-10-20-12-15/h5,7-8,11,15,17H,3-4,6,9-10,12H2,1-2H3. The second-order valence-corrected chi connectivity index (χ2v) is 6.27. The molecule has 1 atom stereocenters. The minimum absolute atomic E-state index is 0.122. The van der Waals surface area contributed by atoms with Crippen LogP contribution in [0.1, 0.15) is 37.0 Å². The maximum Gasteiger partial charge on any atom is 0.253 e. The molecular formula is C16H24N2OS. The molecule has 1 N–H and O–H groups in total. The molecule has 1 aliphatic heterocycles. The lowest BCUT2D eigenvalue weighted by Crippen LogP contribution is -2.30. The first kappa shape index (κ1) is 15.2. The van der Waals surface area contributed by atoms with Gasteiger partial charge >= 0.3 is 0 Å². The zero-order valence-corrected chi connectivity index (χ0v) is 13.2. The predicted molar refractivity (Wildman–Crippen MR) is 87.7 cm³/mol. The average molecular weight is 292 g/mol. The summed E-state index contributed by atoms with van der Waals surface area (Å²) in [5.41, 5.74) is 1.85. The summed E-state index contributed by atoms with van der Waals surface area (Å²) >= 11 is 2.01. The first-order chi connectivity index (χ1) is 9.74. The van der Waals surface area contributed by atoms with Crippen molar-refractivity contribution < 1.29 is 4.79 Å². The number of hydrogen-bond donors (Lipinski definition) is 1. The van der Waals surface area contributed by atoms with Crippen molar-refractivity contribution in [2.24, 2.45) is 0 Å². The molecule has 0 bridgehead atoms. The summed E-state index contributed by atoms with van der Waals surface area (Å²) in [6.07, 6.45) is 2.50. The number of rotatable bonds is 5. The van der Waals surface area contributed by atoms with Crippen molar-refractivity contribution in [3.8, 4) is 0 Å². The number of hydrogen-bond acceptors (Lipinski definition) is 3. The van der Waals surface area contributed by atoms with E-state index >= 15 is 0 Å². The average Bonchev–Trinajstić information content (AvgIpc) is 2.49. The van der Waals surface area contributed by atoms with Gasteiger partial charge in [0.25, 0.3) is 5.91 Å². The van der Waals surface area contributed by atoms with Crippen LogP contribution in [0.4, 0.5) is 5.69 Å². The maximum atomic E-state index is 12.3. The Morgan fingerprint density at radius 1 is 1.40 bits per heavy atom. The molecule has 0 aromatic heterocycles. The molecule has 20 heavy (non-hydrogen) atoms. The molecule has 1 unspecified atom stereocenters. The Morgan fingerprint density at radius 2 is 2.20 bits per heavy atom. The summed E-state index contributed by atoms with van der Waals surface area (Å²) in [4.78, 5) is 14.2. The zero-order chi connectivity index (χ0) is 14.4. The molecule has 1 saturated heterocycles. The first-order valence-electron chi connectivity index (χ1n) is 7.48. The van der Waals surface area contributed by atoms with E-state index in [0.717, 1.165) is 30.1 Å². The number of nitrogens with zero attached hydrogens (tertiary/aromatic N) is 1. The van der Waals surface area contributed by atoms with Gasteiger partial charge in [-0.25, -0.2) is 0 Å². The highest BCUT2D eigenvalue weighted by molar-refractivity contribution is 7.99. The SMILES string of the molecule is CCN(CC)C(=O)c1cccc(NC2CCCSC2)c1. The fraction of sp³-hybridized carbons (Fsp3) is 0.562. The summed E-state index contributed by atoms with van der Waals surface area (Å²) < 4.78 is 0. The molecule has 1 amide bonds. The van der Waals surface area contributed by atoms with Crippen molar-refractivity contribution in [2.45, 2.75) is 32.7 Å². The molecule has 0 radical (unpaired) electrons. The van der Waals surface area contributed by atoms with E-state index in [1.165, 1.54) is 18.6 Å². The Kier molecular flexibility index (Phi) is 5.77. The lowest BCUT2D eigenvalue weighted by Gasteiger charge is -2.24. The molecule has 1 aliphatic rings. The third-order valence-electron chi connectivity index (χ3n) is 3.69. The fourth-order valence-corrected chi connectivity index (χ4v) is 3.60. The Hall–Kier alpha value is -1.16. The normalized spacial score (nSPS) is 18.6. The minimum atomic E-state index is 0.122. The van der Waals surface area contributed by atoms with E-state index in [1.54, 1.807) is 0 Å². The lowest BCUT2D eigenvalue weighted by atomic mass is 10.1. The van der Waals surface area contributed by atoms with Gasteiger partial charge in [-0.15, -0.1) is 0 Å². The van der Waals surface area contributed by atoms with Crippen LogP contribution in [-0.2, 0) is 0 Å². The van der Waals surface area contributed by atoms with Crippen LogP contribution in [0.3, 0.4) is 0 Å². The Balaban J connectivity index is 2.05. The van der Waals surface area contributed by atoms with E-state index in [0.29, 0.717) is 6.04 Å². The molecular weight excluding hydrogens is 268 g/mol. The van der Waals surface area contributed by atoms with E-state index < -0.39 is 0 Å². The van der Waals surface area contributed by atoms with Crippen LogP contribution in [0.25, 0.3) is 0 Å². The molecule has 0 saturated carbocycles. The van der Waals surface area contributed by atoms with E-state index in [4.69, 9.17) is 0 Å². The molecule has 110 valence electrons. The summed E-state index contributed by atoms with van der Waals surface area (Å²) in [7, 11) is 0. The third-order valence-corrected chi connectivity index (χ3v) is 4.91. The van der Waals surface area contributed by atoms with Gasteiger partial charge in [-0.2, -0.15) is 11.8 Å². The van der Waals surface area contributed by atoms with Crippen LogP contribution in [-0.4, -0.2) is 41.4 Å². The summed E-state index contributed by atoms with van der Waals surface area (Å²) in [6.45, 7) is 5.55. The van der Waals surface area contributed by atoms with Crippen LogP contribution in [0.15, 0.2) is 24.3 Å². The van der Waals surface area contributed by atoms with E-state index in [9.17, 15) is 4.79 Å². The second kappa shape index (κ2) is 7.58. The van der Waals surface area contributed by atoms with Gasteiger partial charge in [0.2, 0.25) is 0 Å². The summed E-state index contributed by atoms with van der Waals surface area (Å²) in [6, 6.07) is 8.45. The van der Waals surface area contributed by atoms with Crippen molar-refractivity contribution in [3.05, 3.63) is 29.8 Å². The van der Waals surface area contributed by atoms with Gasteiger partial charge in [-0.05, 0) is 50.6 Å². The lowest BCUT2D eigenvalue weighted by molar-refractivity contribution is 0.0773. The van der Waals surface area contributed by atoms with Gasteiger partial charge in [0, 0.05) is 36.1 Å². The first-order valence-corrected chi connectivity index (χ1v) is 8.63. The highest BCUT2D eigenvalue weighted by atomic mass is 32.2. The predicted octanol–water partition coefficient (Wildman–Crippen LogP) is 3.48. The molecule has 3 nitrogen and oxygen atoms in total. The van der Waals surface area contributed by atoms with E-state index in [1.807, 2.05) is 48.7 Å². The molecule has 1 aromatic carbocycles. The smallest absolute Gasteiger partial charge is 0.253 e. The monoisotopic (exact) mass is 292 g/mol. The quantitative estimate of drug-likeness (QED) is 0.902. The van der Waals surface area contributed by atoms with Crippen molar-refractivity contribution in [2.75, 3.05) is 29.9 Å². The van der Waals surface area contributed by atoms with Crippen molar-refractivity contribution >= 4 is 23.4 Å². The van der Waals surface area contributed by atoms with Gasteiger partial charge in [-0.1, -0.05) is 6.07 Å². The zero-order valence-electron chi connectivity index (χ0n) is 12.4. The molecule has 4 heteroatoms. The van der Waals surface area contributed by atoms with Crippen LogP contribution in [0, 0.1) is 0 Å². The fourth-order valence-electron chi connectivity index (χ4n) is 2.53. The van der Waals surface area contributed by atoms with Gasteiger partial charge < -0.3 is 10.2 Å². The highest BCUT2D eigenvalue weighted by Gasteiger charge is 2.15. The topological polar surface area (TPSA) is 32.3 Å². The molecule has 1 fully saturated rings. The van der Waals surface area contributed by atoms with Crippen molar-refractivity contribution in [1.29, 1.82) is 0 Å². The molecule has 0 aliphatic carbocycles. The van der Waals surface area contributed by atoms with Gasteiger partial charge in [0.05, 0.1) is 0 Å². The second-order valence-electron chi connectivity index (χ2n) is 5.12. The molecule has 0 spiro atoms. The van der Waals surface area contributed by atoms with Gasteiger partial charge in [0.15, 0.2) is 0 Å². The largest absolute Gasteiger partial charge is 0.381 e. The minimum Gasteiger partial charge on any atom is -0.381 e. The molecule has 2 rings (SSSR count). The third kappa shape index (κ3) is 3.92. The number of thioether (sulfide) groups is 1. The maximum absolute atomic E-state index is 12.3. The van der Waals surface area contributed by atoms with Crippen LogP contribution >= 0.6 is 11.8 Å². The van der Waals surface area contributed by atoms with E-state index in [2.05, 4.69) is 11.4 Å². The Labute approximate surface area is 126 Å². The van der Waals surface area contributed by atoms with Crippen molar-refractivity contribution in [1.82, 2.24) is 4.90 Å². The number of anilines is 1. The van der Waals surface area contributed by atoms with E-state index in [-0.39, 0.29) is 5.91 Å².